The van der Waals surface area contributed by atoms with Crippen LogP contribution in [0.4, 0.5) is 17.1 Å². The molecular weight excluding hydrogens is 1360 g/mol. The fourth-order valence-corrected chi connectivity index (χ4v) is 16.9. The summed E-state index contributed by atoms with van der Waals surface area (Å²) < 4.78 is 1.83. The van der Waals surface area contributed by atoms with Gasteiger partial charge in [-0.25, -0.2) is 19.4 Å². The van der Waals surface area contributed by atoms with Crippen molar-refractivity contribution in [2.75, 3.05) is 14.7 Å². The first-order chi connectivity index (χ1) is 52.4. The Kier molecular flexibility index (Phi) is 20.7. The third kappa shape index (κ3) is 16.1. The zero-order valence-electron chi connectivity index (χ0n) is 61.6. The minimum atomic E-state index is -0.945. The normalized spacial score (nSPS) is 18.7. The first kappa shape index (κ1) is 71.7. The molecule has 15 heteroatoms. The summed E-state index contributed by atoms with van der Waals surface area (Å²) in [5.41, 5.74) is 27.8. The zero-order valence-corrected chi connectivity index (χ0v) is 62.4. The third-order valence-corrected chi connectivity index (χ3v) is 22.7. The van der Waals surface area contributed by atoms with Crippen molar-refractivity contribution in [1.29, 1.82) is 0 Å². The Balaban J connectivity index is 0.000000129. The highest BCUT2D eigenvalue weighted by atomic mass is 32.1. The highest BCUT2D eigenvalue weighted by Gasteiger charge is 2.38. The number of aryl methyl sites for hydroxylation is 3. The van der Waals surface area contributed by atoms with E-state index in [1.54, 1.807) is 29.6 Å². The molecule has 0 saturated heterocycles. The first-order valence-electron chi connectivity index (χ1n) is 37.4. The van der Waals surface area contributed by atoms with E-state index in [4.69, 9.17) is 15.3 Å². The fourth-order valence-electron chi connectivity index (χ4n) is 16.1. The maximum absolute atomic E-state index is 11.0. The van der Waals surface area contributed by atoms with Crippen LogP contribution in [0.15, 0.2) is 249 Å². The number of nitrogens with zero attached hydrogens (tertiary/aromatic N) is 7. The van der Waals surface area contributed by atoms with E-state index in [9.17, 15) is 14.4 Å². The predicted molar refractivity (Wildman–Crippen MR) is 435 cm³/mol. The lowest BCUT2D eigenvalue weighted by atomic mass is 9.83. The Morgan fingerprint density at radius 3 is 1.15 bits per heavy atom. The highest BCUT2D eigenvalue weighted by molar-refractivity contribution is 7.15. The van der Waals surface area contributed by atoms with Crippen LogP contribution in [0.3, 0.4) is 0 Å². The number of rotatable bonds is 17. The number of anilines is 3. The van der Waals surface area contributed by atoms with Crippen molar-refractivity contribution in [3.05, 3.63) is 338 Å². The standard InChI is InChI=1S/C32H30N2O2S.C31H29N3O2.C30H29N3O2/c1-20-17-27-18-26(30-19-33-21(2)37-30)12-15-29(27)32(25-6-3-22(4-7-25)5-16-31(35)36)34(20)28-13-10-24(11-14-28)23-8-9-23;1-20-16-26-17-25(27-18-32-33-19-27)11-14-29(26)31(24-5-2-21(3-6-24)4-15-30(35)36)34(20)28-12-9-23(10-13-28)22-7-8-22;1-20-4-12-27(13-5-20)33-21(2)16-25-17-24(26-18-31-32(3)19-26)11-14-28(25)30(33)23-9-6-22(7-10-23)8-15-29(34)35/h3-7,10-16,18-20,23,32H,8-9,17H2,1-2H3,(H,35,36);2-6,9-15,17-20,22,31H,7-8,16H2,1H3,(H,32,33)(H,35,36);4-15,17-19,21,30H,16H2,1-3H3,(H,34,35)/b16-5+;15-4+;15-8+/t20-,32-;;21-,30-/m1.1/s1. The lowest BCUT2D eigenvalue weighted by molar-refractivity contribution is -0.132. The van der Waals surface area contributed by atoms with Crippen LogP contribution in [-0.2, 0) is 40.7 Å². The van der Waals surface area contributed by atoms with Gasteiger partial charge in [0.05, 0.1) is 40.4 Å². The van der Waals surface area contributed by atoms with E-state index in [2.05, 4.69) is 226 Å². The molecule has 0 bridgehead atoms. The van der Waals surface area contributed by atoms with Crippen molar-refractivity contribution >= 4 is 64.5 Å². The van der Waals surface area contributed by atoms with Crippen molar-refractivity contribution < 1.29 is 29.7 Å². The van der Waals surface area contributed by atoms with Crippen molar-refractivity contribution in [2.24, 2.45) is 7.05 Å². The molecule has 6 atom stereocenters. The van der Waals surface area contributed by atoms with Gasteiger partial charge in [0, 0.05) is 90.2 Å². The van der Waals surface area contributed by atoms with Gasteiger partial charge in [0.15, 0.2) is 0 Å². The van der Waals surface area contributed by atoms with Crippen LogP contribution in [0.25, 0.3) is 50.9 Å². The van der Waals surface area contributed by atoms with Crippen LogP contribution in [0.2, 0.25) is 0 Å². The second kappa shape index (κ2) is 31.2. The number of aromatic nitrogens is 5. The maximum Gasteiger partial charge on any atom is 0.328 e. The van der Waals surface area contributed by atoms with E-state index >= 15 is 0 Å². The molecule has 0 radical (unpaired) electrons. The lowest BCUT2D eigenvalue weighted by Crippen LogP contribution is -2.42. The molecule has 542 valence electrons. The smallest absolute Gasteiger partial charge is 0.328 e. The number of thiazole rings is 1. The fraction of sp³-hybridized carbons (Fsp3) is 0.226. The molecule has 9 aromatic carbocycles. The Bertz CT molecular complexity index is 5310. The molecule has 2 saturated carbocycles. The summed E-state index contributed by atoms with van der Waals surface area (Å²) in [7, 11) is 1.94. The molecule has 0 amide bonds. The topological polar surface area (TPSA) is 181 Å². The summed E-state index contributed by atoms with van der Waals surface area (Å²) >= 11 is 1.73. The third-order valence-electron chi connectivity index (χ3n) is 21.7. The van der Waals surface area contributed by atoms with E-state index in [0.29, 0.717) is 18.1 Å². The molecule has 0 spiro atoms. The number of fused-ring (bicyclic) bond motifs is 3. The maximum atomic E-state index is 11.0. The van der Waals surface area contributed by atoms with E-state index < -0.39 is 17.9 Å². The van der Waals surface area contributed by atoms with Gasteiger partial charge in [-0.15, -0.1) is 11.3 Å². The molecule has 14 nitrogen and oxygen atoms in total. The van der Waals surface area contributed by atoms with E-state index in [0.717, 1.165) is 63.9 Å². The van der Waals surface area contributed by atoms with Gasteiger partial charge in [0.25, 0.3) is 0 Å². The van der Waals surface area contributed by atoms with Crippen molar-refractivity contribution in [3.8, 4) is 32.7 Å². The summed E-state index contributed by atoms with van der Waals surface area (Å²) in [4.78, 5) is 46.1. The van der Waals surface area contributed by atoms with Crippen LogP contribution < -0.4 is 14.7 Å². The number of carboxylic acid groups (broad SMARTS) is 3. The number of carbonyl (C=O) groups is 3. The molecule has 108 heavy (non-hydrogen) atoms. The number of aliphatic carboxylic acids is 3. The van der Waals surface area contributed by atoms with Gasteiger partial charge in [-0.3, -0.25) is 9.78 Å². The monoisotopic (exact) mass is 1440 g/mol. The highest BCUT2D eigenvalue weighted by Crippen LogP contribution is 2.48. The summed E-state index contributed by atoms with van der Waals surface area (Å²) in [6.07, 6.45) is 26.3. The number of carboxylic acids is 3. The van der Waals surface area contributed by atoms with Crippen LogP contribution in [-0.4, -0.2) is 76.3 Å². The molecule has 2 unspecified atom stereocenters. The van der Waals surface area contributed by atoms with Gasteiger partial charge in [0.1, 0.15) is 0 Å². The molecule has 3 aliphatic heterocycles. The molecule has 2 aliphatic carbocycles. The predicted octanol–water partition coefficient (Wildman–Crippen LogP) is 20.3. The molecule has 5 aliphatic rings. The molecule has 17 rings (SSSR count). The zero-order chi connectivity index (χ0) is 74.7. The summed E-state index contributed by atoms with van der Waals surface area (Å²) in [6.45, 7) is 11.1. The SMILES string of the molecule is CC1Cc2cc(-c3cn[nH]c3)ccc2C(c2ccc(/C=C/C(=O)O)cc2)N1c1ccc(C2CC2)cc1.Cc1ccc(N2[C@H](c3ccc(/C=C/C(=O)O)cc3)c3ccc(-c4cnn(C)c4)cc3C[C@H]2C)cc1.Cc1ncc(-c2ccc3c(c2)C[C@@H](C)N(c2ccc(C4CC4)cc2)[C@@H]3c2ccc(/C=C/C(=O)O)cc2)s1. The van der Waals surface area contributed by atoms with Gasteiger partial charge in [-0.05, 0) is 247 Å². The quantitative estimate of drug-likeness (QED) is 0.0635. The van der Waals surface area contributed by atoms with Crippen LogP contribution >= 0.6 is 11.3 Å². The van der Waals surface area contributed by atoms with Gasteiger partial charge in [0.2, 0.25) is 0 Å². The second-order valence-electron chi connectivity index (χ2n) is 29.5. The Morgan fingerprint density at radius 2 is 0.806 bits per heavy atom. The van der Waals surface area contributed by atoms with E-state index in [1.807, 2.05) is 86.0 Å². The van der Waals surface area contributed by atoms with Crippen molar-refractivity contribution in [3.63, 3.8) is 0 Å². The Labute approximate surface area is 635 Å². The number of aromatic amines is 1. The molecule has 2 fully saturated rings. The number of nitrogens with one attached hydrogen (secondary N) is 1. The molecule has 3 aromatic heterocycles. The van der Waals surface area contributed by atoms with E-state index in [1.165, 1.54) is 149 Å². The second-order valence-corrected chi connectivity index (χ2v) is 30.8. The minimum Gasteiger partial charge on any atom is -0.478 e. The number of hydrogen-bond acceptors (Lipinski definition) is 10. The number of benzene rings is 9. The van der Waals surface area contributed by atoms with Gasteiger partial charge >= 0.3 is 17.9 Å². The molecule has 6 heterocycles. The van der Waals surface area contributed by atoms with Gasteiger partial charge in [-0.1, -0.05) is 163 Å². The Hall–Kier alpha value is -11.9. The largest absolute Gasteiger partial charge is 0.478 e. The molecular formula is C93H88N8O6S. The minimum absolute atomic E-state index is 0.0527. The van der Waals surface area contributed by atoms with Gasteiger partial charge < -0.3 is 30.0 Å². The molecule has 4 N–H and O–H groups in total. The average molecular weight is 1450 g/mol. The van der Waals surface area contributed by atoms with Crippen LogP contribution in [0.5, 0.6) is 0 Å². The van der Waals surface area contributed by atoms with Crippen molar-refractivity contribution in [2.45, 2.75) is 128 Å². The van der Waals surface area contributed by atoms with E-state index in [-0.39, 0.29) is 18.1 Å². The summed E-state index contributed by atoms with van der Waals surface area (Å²) in [6, 6.07) is 73.4. The average Bonchev–Trinajstić information content (AvgIpc) is 1.12. The lowest BCUT2D eigenvalue weighted by Gasteiger charge is -2.44. The summed E-state index contributed by atoms with van der Waals surface area (Å²) in [5, 5.41) is 39.4. The number of H-pyrrole nitrogens is 1. The Morgan fingerprint density at radius 1 is 0.435 bits per heavy atom. The van der Waals surface area contributed by atoms with Crippen LogP contribution in [0, 0.1) is 13.8 Å². The first-order valence-corrected chi connectivity index (χ1v) is 38.2. The van der Waals surface area contributed by atoms with Crippen molar-refractivity contribution in [1.82, 2.24) is 25.0 Å². The van der Waals surface area contributed by atoms with Crippen LogP contribution in [0.1, 0.15) is 165 Å². The molecule has 12 aromatic rings. The summed E-state index contributed by atoms with van der Waals surface area (Å²) in [5.74, 6) is -1.35. The van der Waals surface area contributed by atoms with Gasteiger partial charge in [-0.2, -0.15) is 10.2 Å². The number of hydrogen-bond donors (Lipinski definition) is 4.